The van der Waals surface area contributed by atoms with Crippen LogP contribution in [0.5, 0.6) is 0 Å². The molecule has 0 amide bonds. The second kappa shape index (κ2) is 11.1. The molecule has 1 atom stereocenters. The zero-order valence-corrected chi connectivity index (χ0v) is 19.7. The van der Waals surface area contributed by atoms with E-state index in [1.54, 1.807) is 0 Å². The topological polar surface area (TPSA) is 88.6 Å². The van der Waals surface area contributed by atoms with Crippen molar-refractivity contribution in [2.75, 3.05) is 13.1 Å². The Hall–Kier alpha value is -3.19. The summed E-state index contributed by atoms with van der Waals surface area (Å²) in [4.78, 5) is 2.55. The highest BCUT2D eigenvalue weighted by Gasteiger charge is 2.23. The number of nitrogens with zero attached hydrogens (tertiary/aromatic N) is 5. The fourth-order valence-electron chi connectivity index (χ4n) is 4.51. The first-order valence-corrected chi connectivity index (χ1v) is 11.9. The highest BCUT2D eigenvalue weighted by Crippen LogP contribution is 2.20. The molecule has 3 N–H and O–H groups in total. The summed E-state index contributed by atoms with van der Waals surface area (Å²) in [6, 6.07) is 10.7. The largest absolute Gasteiger partial charge is 0.402 e. The molecule has 3 heterocycles. The van der Waals surface area contributed by atoms with Crippen LogP contribution in [0.25, 0.3) is 11.6 Å². The molecule has 33 heavy (non-hydrogen) atoms. The number of H-pyrrole nitrogens is 1. The van der Waals surface area contributed by atoms with Crippen LogP contribution in [0.1, 0.15) is 44.2 Å². The van der Waals surface area contributed by atoms with Crippen LogP contribution in [0.2, 0.25) is 0 Å². The number of nitrogens with one attached hydrogen (secondary N) is 1. The summed E-state index contributed by atoms with van der Waals surface area (Å²) in [5, 5.41) is 17.9. The molecule has 7 nitrogen and oxygen atoms in total. The van der Waals surface area contributed by atoms with E-state index < -0.39 is 0 Å². The highest BCUT2D eigenvalue weighted by molar-refractivity contribution is 5.59. The van der Waals surface area contributed by atoms with E-state index in [1.165, 1.54) is 12.0 Å². The van der Waals surface area contributed by atoms with Gasteiger partial charge in [-0.05, 0) is 55.0 Å². The lowest BCUT2D eigenvalue weighted by Gasteiger charge is -2.16. The predicted molar refractivity (Wildman–Crippen MR) is 132 cm³/mol. The van der Waals surface area contributed by atoms with Gasteiger partial charge >= 0.3 is 0 Å². The first kappa shape index (κ1) is 23.0. The van der Waals surface area contributed by atoms with E-state index in [0.717, 1.165) is 73.0 Å². The summed E-state index contributed by atoms with van der Waals surface area (Å²) in [5.74, 6) is 0.627. The third-order valence-corrected chi connectivity index (χ3v) is 6.06. The fourth-order valence-corrected chi connectivity index (χ4v) is 4.51. The maximum Gasteiger partial charge on any atom is 0.116 e. The van der Waals surface area contributed by atoms with Gasteiger partial charge in [-0.25, -0.2) is 0 Å². The van der Waals surface area contributed by atoms with Crippen molar-refractivity contribution in [2.24, 2.45) is 11.7 Å². The van der Waals surface area contributed by atoms with Gasteiger partial charge in [-0.2, -0.15) is 5.10 Å². The van der Waals surface area contributed by atoms with Gasteiger partial charge in [0.15, 0.2) is 0 Å². The third-order valence-electron chi connectivity index (χ3n) is 6.06. The minimum Gasteiger partial charge on any atom is -0.402 e. The highest BCUT2D eigenvalue weighted by atomic mass is 15.3. The SMILES string of the molecule is CCC\C=c1/[nH]nn/c1=C(/C=C(\C)N)Cc1cnn(CC2CCN(Cc3ccccc3)C2)c1. The van der Waals surface area contributed by atoms with Crippen molar-refractivity contribution in [2.45, 2.75) is 52.6 Å². The van der Waals surface area contributed by atoms with E-state index in [0.29, 0.717) is 5.92 Å². The lowest BCUT2D eigenvalue weighted by atomic mass is 10.1. The first-order chi connectivity index (χ1) is 16.1. The van der Waals surface area contributed by atoms with E-state index in [2.05, 4.69) is 79.6 Å². The zero-order chi connectivity index (χ0) is 23.0. The Labute approximate surface area is 195 Å². The summed E-state index contributed by atoms with van der Waals surface area (Å²) in [6.07, 6.45) is 12.3. The first-order valence-electron chi connectivity index (χ1n) is 11.9. The summed E-state index contributed by atoms with van der Waals surface area (Å²) in [7, 11) is 0. The van der Waals surface area contributed by atoms with Crippen LogP contribution < -0.4 is 16.4 Å². The Morgan fingerprint density at radius 2 is 2.09 bits per heavy atom. The van der Waals surface area contributed by atoms with Crippen LogP contribution >= 0.6 is 0 Å². The minimum atomic E-state index is 0.627. The Kier molecular flexibility index (Phi) is 7.73. The molecule has 1 aliphatic heterocycles. The lowest BCUT2D eigenvalue weighted by Crippen LogP contribution is -2.27. The number of hydrogen-bond donors (Lipinski definition) is 2. The molecule has 0 bridgehead atoms. The van der Waals surface area contributed by atoms with E-state index in [-0.39, 0.29) is 0 Å². The van der Waals surface area contributed by atoms with Crippen LogP contribution in [0.3, 0.4) is 0 Å². The summed E-state index contributed by atoms with van der Waals surface area (Å²) >= 11 is 0. The van der Waals surface area contributed by atoms with Crippen LogP contribution in [-0.2, 0) is 19.5 Å². The number of likely N-dealkylation sites (tertiary alicyclic amines) is 1. The molecule has 1 aromatic carbocycles. The number of benzene rings is 1. The third kappa shape index (κ3) is 6.42. The van der Waals surface area contributed by atoms with Crippen LogP contribution in [0, 0.1) is 5.92 Å². The standard InChI is InChI=1S/C26H35N7/c1-3-4-10-25-26(30-31-29-25)24(13-20(2)27)14-23-15-28-33(19-23)18-22-11-12-32(17-22)16-21-8-6-5-7-9-21/h5-10,13,15,19,22H,3-4,11-12,14,16-18,27H2,1-2H3,(H,29,30)/b20-13+,25-10-,26-24-. The molecule has 0 spiro atoms. The molecule has 0 radical (unpaired) electrons. The smallest absolute Gasteiger partial charge is 0.116 e. The second-order valence-electron chi connectivity index (χ2n) is 9.10. The fraction of sp³-hybridized carbons (Fsp3) is 0.423. The summed E-state index contributed by atoms with van der Waals surface area (Å²) in [5.41, 5.74) is 10.4. The van der Waals surface area contributed by atoms with Crippen LogP contribution in [0.15, 0.2) is 54.5 Å². The molecule has 0 aliphatic carbocycles. The monoisotopic (exact) mass is 445 g/mol. The molecule has 1 fully saturated rings. The van der Waals surface area contributed by atoms with E-state index in [1.807, 2.05) is 19.2 Å². The van der Waals surface area contributed by atoms with E-state index in [9.17, 15) is 0 Å². The Bertz CT molecular complexity index is 1170. The molecule has 0 saturated carbocycles. The number of unbranched alkanes of at least 4 members (excludes halogenated alkanes) is 1. The van der Waals surface area contributed by atoms with Crippen molar-refractivity contribution < 1.29 is 0 Å². The van der Waals surface area contributed by atoms with Gasteiger partial charge in [0.2, 0.25) is 0 Å². The van der Waals surface area contributed by atoms with Gasteiger partial charge in [0.25, 0.3) is 0 Å². The van der Waals surface area contributed by atoms with Gasteiger partial charge in [0.1, 0.15) is 5.35 Å². The summed E-state index contributed by atoms with van der Waals surface area (Å²) < 4.78 is 2.09. The summed E-state index contributed by atoms with van der Waals surface area (Å²) in [6.45, 7) is 8.31. The zero-order valence-electron chi connectivity index (χ0n) is 19.7. The number of hydrogen-bond acceptors (Lipinski definition) is 5. The minimum absolute atomic E-state index is 0.627. The van der Waals surface area contributed by atoms with E-state index >= 15 is 0 Å². The van der Waals surface area contributed by atoms with Crippen molar-refractivity contribution in [3.8, 4) is 0 Å². The molecule has 7 heteroatoms. The Morgan fingerprint density at radius 3 is 2.88 bits per heavy atom. The molecule has 2 aromatic heterocycles. The Morgan fingerprint density at radius 1 is 1.24 bits per heavy atom. The number of aromatic nitrogens is 5. The number of nitrogens with two attached hydrogens (primary N) is 1. The van der Waals surface area contributed by atoms with Crippen molar-refractivity contribution >= 4 is 11.6 Å². The molecule has 4 rings (SSSR count). The Balaban J connectivity index is 1.43. The van der Waals surface area contributed by atoms with Gasteiger partial charge < -0.3 is 5.73 Å². The molecule has 1 unspecified atom stereocenters. The van der Waals surface area contributed by atoms with Crippen molar-refractivity contribution in [3.05, 3.63) is 76.3 Å². The molecule has 1 aliphatic rings. The van der Waals surface area contributed by atoms with Gasteiger partial charge in [0.05, 0.1) is 11.5 Å². The predicted octanol–water partition coefficient (Wildman–Crippen LogP) is 2.36. The number of aromatic amines is 1. The molecule has 174 valence electrons. The van der Waals surface area contributed by atoms with Gasteiger partial charge in [-0.3, -0.25) is 14.7 Å². The van der Waals surface area contributed by atoms with Crippen LogP contribution in [-0.4, -0.2) is 43.2 Å². The molecule has 1 saturated heterocycles. The molecule has 3 aromatic rings. The second-order valence-corrected chi connectivity index (χ2v) is 9.10. The van der Waals surface area contributed by atoms with E-state index in [4.69, 9.17) is 5.73 Å². The van der Waals surface area contributed by atoms with Crippen LogP contribution in [0.4, 0.5) is 0 Å². The van der Waals surface area contributed by atoms with Crippen molar-refractivity contribution in [1.82, 2.24) is 30.1 Å². The van der Waals surface area contributed by atoms with Gasteiger partial charge in [0, 0.05) is 37.9 Å². The number of rotatable bonds is 9. The van der Waals surface area contributed by atoms with Gasteiger partial charge in [-0.1, -0.05) is 55.0 Å². The normalized spacial score (nSPS) is 18.8. The molecular formula is C26H35N7. The van der Waals surface area contributed by atoms with Gasteiger partial charge in [-0.15, -0.1) is 5.10 Å². The molecular weight excluding hydrogens is 410 g/mol. The quantitative estimate of drug-likeness (QED) is 0.528. The maximum absolute atomic E-state index is 6.03. The lowest BCUT2D eigenvalue weighted by molar-refractivity contribution is 0.306. The average Bonchev–Trinajstić information content (AvgIpc) is 3.54. The average molecular weight is 446 g/mol. The van der Waals surface area contributed by atoms with Crippen molar-refractivity contribution in [1.29, 1.82) is 0 Å². The van der Waals surface area contributed by atoms with Crippen molar-refractivity contribution in [3.63, 3.8) is 0 Å². The number of allylic oxidation sites excluding steroid dienone is 2. The maximum atomic E-state index is 6.03.